The van der Waals surface area contributed by atoms with Crippen LogP contribution in [-0.4, -0.2) is 54.6 Å². The van der Waals surface area contributed by atoms with Crippen molar-refractivity contribution >= 4 is 38.9 Å². The molecule has 0 unspecified atom stereocenters. The predicted molar refractivity (Wildman–Crippen MR) is 125 cm³/mol. The highest BCUT2D eigenvalue weighted by Crippen LogP contribution is 2.36. The lowest BCUT2D eigenvalue weighted by atomic mass is 10.1. The number of anilines is 1. The van der Waals surface area contributed by atoms with Gasteiger partial charge in [0, 0.05) is 11.9 Å². The Balaban J connectivity index is 1.77. The first-order valence-corrected chi connectivity index (χ1v) is 12.7. The van der Waals surface area contributed by atoms with Crippen molar-refractivity contribution < 1.29 is 35.7 Å². The van der Waals surface area contributed by atoms with Crippen molar-refractivity contribution in [2.45, 2.75) is 30.3 Å². The van der Waals surface area contributed by atoms with E-state index >= 15 is 4.39 Å². The number of rotatable bonds is 6. The molecule has 0 spiro atoms. The number of fused-ring (bicyclic) bond motifs is 1. The summed E-state index contributed by atoms with van der Waals surface area (Å²) in [6.07, 6.45) is 0. The Morgan fingerprint density at radius 1 is 1.30 bits per heavy atom. The van der Waals surface area contributed by atoms with E-state index in [0.29, 0.717) is 23.6 Å². The second-order valence-corrected chi connectivity index (χ2v) is 10.9. The number of carbonyl (C=O) groups is 2. The molecule has 2 amide bonds. The largest absolute Gasteiger partial charge is 0.342 e. The molecule has 0 fully saturated rings. The van der Waals surface area contributed by atoms with Crippen molar-refractivity contribution in [3.63, 3.8) is 0 Å². The van der Waals surface area contributed by atoms with E-state index < -0.39 is 73.9 Å². The van der Waals surface area contributed by atoms with Crippen molar-refractivity contribution in [1.82, 2.24) is 15.5 Å². The van der Waals surface area contributed by atoms with E-state index in [4.69, 9.17) is 21.9 Å². The monoisotopic (exact) mass is 557 g/mol. The number of aromatic nitrogens is 2. The zero-order chi connectivity index (χ0) is 27.1. The van der Waals surface area contributed by atoms with Crippen LogP contribution < -0.4 is 16.0 Å². The second-order valence-electron chi connectivity index (χ2n) is 8.41. The molecule has 1 aliphatic rings. The third-order valence-corrected chi connectivity index (χ3v) is 7.38. The van der Waals surface area contributed by atoms with Gasteiger partial charge in [0.2, 0.25) is 11.7 Å². The van der Waals surface area contributed by atoms with Gasteiger partial charge in [-0.25, -0.2) is 21.6 Å². The topological polar surface area (TPSA) is 148 Å². The molecule has 0 bridgehead atoms. The van der Waals surface area contributed by atoms with Crippen LogP contribution in [0, 0.1) is 5.82 Å². The van der Waals surface area contributed by atoms with Crippen LogP contribution in [0.3, 0.4) is 0 Å². The van der Waals surface area contributed by atoms with Crippen molar-refractivity contribution in [1.29, 1.82) is 0 Å². The van der Waals surface area contributed by atoms with Crippen LogP contribution in [0.15, 0.2) is 45.8 Å². The minimum absolute atomic E-state index is 0.123. The number of nitrogens with two attached hydrogens (primary N) is 1. The van der Waals surface area contributed by atoms with Gasteiger partial charge < -0.3 is 20.5 Å². The second kappa shape index (κ2) is 9.76. The van der Waals surface area contributed by atoms with Crippen molar-refractivity contribution in [2.75, 3.05) is 17.2 Å². The summed E-state index contributed by atoms with van der Waals surface area (Å²) in [5.41, 5.74) is 5.85. The van der Waals surface area contributed by atoms with Crippen LogP contribution >= 0.6 is 11.6 Å². The Hall–Kier alpha value is -3.49. The number of halogens is 4. The molecule has 1 atom stereocenters. The van der Waals surface area contributed by atoms with E-state index in [0.717, 1.165) is 11.0 Å². The van der Waals surface area contributed by atoms with Gasteiger partial charge in [0.15, 0.2) is 9.84 Å². The smallest absolute Gasteiger partial charge is 0.316 e. The van der Waals surface area contributed by atoms with Crippen LogP contribution in [0.5, 0.6) is 0 Å². The number of nitrogens with zero attached hydrogens (tertiary/aromatic N) is 3. The molecule has 1 aromatic heterocycles. The van der Waals surface area contributed by atoms with Gasteiger partial charge in [0.05, 0.1) is 41.0 Å². The lowest BCUT2D eigenvalue weighted by Crippen LogP contribution is -2.45. The number of sulfone groups is 1. The van der Waals surface area contributed by atoms with E-state index in [2.05, 4.69) is 10.1 Å². The molecule has 1 aliphatic heterocycles. The highest BCUT2D eigenvalue weighted by atomic mass is 35.5. The summed E-state index contributed by atoms with van der Waals surface area (Å²) in [5, 5.41) is 5.85. The average molecular weight is 558 g/mol. The highest BCUT2D eigenvalue weighted by Gasteiger charge is 2.37. The molecule has 0 saturated carbocycles. The summed E-state index contributed by atoms with van der Waals surface area (Å²) in [7, 11) is -4.19. The van der Waals surface area contributed by atoms with Crippen LogP contribution in [0.25, 0.3) is 11.4 Å². The number of hydrogen-bond acceptors (Lipinski definition) is 8. The van der Waals surface area contributed by atoms with Gasteiger partial charge in [-0.2, -0.15) is 4.98 Å². The van der Waals surface area contributed by atoms with Gasteiger partial charge in [-0.05, 0) is 29.8 Å². The summed E-state index contributed by atoms with van der Waals surface area (Å²) >= 11 is 5.91. The maximum absolute atomic E-state index is 15.1. The molecule has 0 aliphatic carbocycles. The molecular weight excluding hydrogens is 539 g/mol. The number of amides is 2. The van der Waals surface area contributed by atoms with Crippen molar-refractivity contribution in [3.05, 3.63) is 58.7 Å². The highest BCUT2D eigenvalue weighted by molar-refractivity contribution is 7.91. The van der Waals surface area contributed by atoms with Gasteiger partial charge in [0.1, 0.15) is 5.82 Å². The number of nitrogens with one attached hydrogen (secondary N) is 1. The van der Waals surface area contributed by atoms with Crippen molar-refractivity contribution in [3.8, 4) is 11.4 Å². The number of benzene rings is 2. The molecule has 196 valence electrons. The summed E-state index contributed by atoms with van der Waals surface area (Å²) in [5.74, 6) is -8.09. The number of hydrogen-bond donors (Lipinski definition) is 2. The Morgan fingerprint density at radius 2 is 1.97 bits per heavy atom. The van der Waals surface area contributed by atoms with E-state index in [9.17, 15) is 26.8 Å². The van der Waals surface area contributed by atoms with Crippen LogP contribution in [0.1, 0.15) is 23.2 Å². The quantitative estimate of drug-likeness (QED) is 0.470. The maximum Gasteiger partial charge on any atom is 0.316 e. The summed E-state index contributed by atoms with van der Waals surface area (Å²) in [4.78, 5) is 29.5. The minimum Gasteiger partial charge on any atom is -0.342 e. The number of alkyl halides is 2. The van der Waals surface area contributed by atoms with E-state index in [1.807, 2.05) is 5.32 Å². The van der Waals surface area contributed by atoms with Gasteiger partial charge in [-0.3, -0.25) is 9.59 Å². The normalized spacial score (nSPS) is 17.3. The van der Waals surface area contributed by atoms with Crippen molar-refractivity contribution in [2.24, 2.45) is 5.73 Å². The van der Waals surface area contributed by atoms with Gasteiger partial charge >= 0.3 is 11.8 Å². The standard InChI is InChI=1S/C22H19ClF3N5O5S/c1-22(25,26)10-28-19(32)20-29-18(30-36-20)13-6-16-17(7-14(13)24)37(34,35)9-15(27)21(33)31(16)8-11-2-4-12(23)5-3-11/h2-7,15H,8-10,27H2,1H3,(H,28,32)/t15-/m0/s1. The van der Waals surface area contributed by atoms with Gasteiger partial charge in [0.25, 0.3) is 5.92 Å². The minimum atomic E-state index is -4.19. The first-order chi connectivity index (χ1) is 17.2. The molecule has 4 rings (SSSR count). The first-order valence-electron chi connectivity index (χ1n) is 10.6. The summed E-state index contributed by atoms with van der Waals surface area (Å²) in [6.45, 7) is -0.534. The molecular formula is C22H19ClF3N5O5S. The van der Waals surface area contributed by atoms with E-state index in [1.165, 1.54) is 0 Å². The van der Waals surface area contributed by atoms with E-state index in [1.54, 1.807) is 24.3 Å². The molecule has 37 heavy (non-hydrogen) atoms. The third-order valence-electron chi connectivity index (χ3n) is 5.33. The molecule has 2 heterocycles. The Bertz CT molecular complexity index is 1470. The van der Waals surface area contributed by atoms with Crippen LogP contribution in [0.2, 0.25) is 5.02 Å². The molecule has 0 radical (unpaired) electrons. The average Bonchev–Trinajstić information content (AvgIpc) is 3.29. The Labute approximate surface area is 213 Å². The molecule has 3 N–H and O–H groups in total. The Morgan fingerprint density at radius 3 is 2.62 bits per heavy atom. The third kappa shape index (κ3) is 5.76. The lowest BCUT2D eigenvalue weighted by molar-refractivity contribution is -0.119. The molecule has 10 nitrogen and oxygen atoms in total. The van der Waals surface area contributed by atoms with Crippen LogP contribution in [0.4, 0.5) is 18.9 Å². The molecule has 0 saturated heterocycles. The molecule has 2 aromatic carbocycles. The first kappa shape index (κ1) is 26.6. The number of carbonyl (C=O) groups excluding carboxylic acids is 2. The molecule has 3 aromatic rings. The van der Waals surface area contributed by atoms with Gasteiger partial charge in [-0.15, -0.1) is 0 Å². The van der Waals surface area contributed by atoms with Crippen LogP contribution in [-0.2, 0) is 21.2 Å². The fraction of sp³-hybridized carbons (Fsp3) is 0.273. The summed E-state index contributed by atoms with van der Waals surface area (Å²) in [6, 6.07) is 6.70. The zero-order valence-electron chi connectivity index (χ0n) is 19.0. The maximum atomic E-state index is 15.1. The fourth-order valence-electron chi connectivity index (χ4n) is 3.56. The lowest BCUT2D eigenvalue weighted by Gasteiger charge is -2.24. The zero-order valence-corrected chi connectivity index (χ0v) is 20.6. The van der Waals surface area contributed by atoms with Gasteiger partial charge in [-0.1, -0.05) is 28.9 Å². The Kier molecular flexibility index (Phi) is 7.01. The molecule has 15 heteroatoms. The SMILES string of the molecule is CC(F)(F)CNC(=O)c1nc(-c2cc3c(cc2F)S(=O)(=O)C[C@H](N)C(=O)N3Cc2ccc(Cl)cc2)no1. The predicted octanol–water partition coefficient (Wildman–Crippen LogP) is 2.56. The fourth-order valence-corrected chi connectivity index (χ4v) is 5.25. The summed E-state index contributed by atoms with van der Waals surface area (Å²) < 4.78 is 71.8. The van der Waals surface area contributed by atoms with E-state index in [-0.39, 0.29) is 12.2 Å².